The average molecular weight is 297 g/mol. The first kappa shape index (κ1) is 14.8. The summed E-state index contributed by atoms with van der Waals surface area (Å²) in [6.45, 7) is 4.33. The maximum Gasteiger partial charge on any atom is 0.211 e. The lowest BCUT2D eigenvalue weighted by Gasteiger charge is -2.13. The number of rotatable bonds is 5. The molecule has 5 nitrogen and oxygen atoms in total. The SMILES string of the molecule is CC1(C)COC(CC(C[N+](=O)[O-])c2ccc(Cl)cc2)=N1. The summed E-state index contributed by atoms with van der Waals surface area (Å²) >= 11 is 5.85. The van der Waals surface area contributed by atoms with Gasteiger partial charge in [0, 0.05) is 16.4 Å². The highest BCUT2D eigenvalue weighted by Gasteiger charge is 2.29. The van der Waals surface area contributed by atoms with Crippen LogP contribution in [0.3, 0.4) is 0 Å². The number of nitrogens with zero attached hydrogens (tertiary/aromatic N) is 2. The summed E-state index contributed by atoms with van der Waals surface area (Å²) < 4.78 is 5.53. The van der Waals surface area contributed by atoms with Crippen LogP contribution in [-0.2, 0) is 4.74 Å². The minimum atomic E-state index is -0.306. The van der Waals surface area contributed by atoms with Gasteiger partial charge in [0.25, 0.3) is 0 Å². The fourth-order valence-corrected chi connectivity index (χ4v) is 2.31. The highest BCUT2D eigenvalue weighted by Crippen LogP contribution is 2.26. The molecule has 0 fully saturated rings. The molecule has 108 valence electrons. The van der Waals surface area contributed by atoms with Gasteiger partial charge in [0.1, 0.15) is 6.61 Å². The quantitative estimate of drug-likeness (QED) is 0.618. The van der Waals surface area contributed by atoms with E-state index in [1.165, 1.54) is 0 Å². The summed E-state index contributed by atoms with van der Waals surface area (Å²) in [5.74, 6) is 0.340. The molecular weight excluding hydrogens is 280 g/mol. The Labute approximate surface area is 122 Å². The van der Waals surface area contributed by atoms with Crippen molar-refractivity contribution < 1.29 is 9.66 Å². The highest BCUT2D eigenvalue weighted by molar-refractivity contribution is 6.30. The van der Waals surface area contributed by atoms with Crippen molar-refractivity contribution >= 4 is 17.5 Å². The van der Waals surface area contributed by atoms with Crippen LogP contribution < -0.4 is 0 Å². The van der Waals surface area contributed by atoms with Gasteiger partial charge >= 0.3 is 0 Å². The lowest BCUT2D eigenvalue weighted by molar-refractivity contribution is -0.483. The Bertz CT molecular complexity index is 526. The topological polar surface area (TPSA) is 64.7 Å². The van der Waals surface area contributed by atoms with Crippen LogP contribution in [0.2, 0.25) is 5.02 Å². The van der Waals surface area contributed by atoms with Crippen LogP contribution >= 0.6 is 11.6 Å². The Balaban J connectivity index is 2.16. The number of hydrogen-bond donors (Lipinski definition) is 0. The molecule has 0 spiro atoms. The van der Waals surface area contributed by atoms with Gasteiger partial charge in [-0.05, 0) is 31.5 Å². The van der Waals surface area contributed by atoms with Gasteiger partial charge in [-0.1, -0.05) is 23.7 Å². The Morgan fingerprint density at radius 1 is 1.45 bits per heavy atom. The third-order valence-electron chi connectivity index (χ3n) is 3.15. The van der Waals surface area contributed by atoms with Gasteiger partial charge in [0.05, 0.1) is 11.5 Å². The van der Waals surface area contributed by atoms with Gasteiger partial charge in [-0.3, -0.25) is 10.1 Å². The van der Waals surface area contributed by atoms with Gasteiger partial charge in [0.2, 0.25) is 6.54 Å². The first-order valence-electron chi connectivity index (χ1n) is 6.44. The van der Waals surface area contributed by atoms with Crippen molar-refractivity contribution in [3.05, 3.63) is 45.0 Å². The standard InChI is InChI=1S/C14H17ClN2O3/c1-14(2)9-20-13(16-14)7-11(8-17(18)19)10-3-5-12(15)6-4-10/h3-6,11H,7-9H2,1-2H3. The predicted octanol–water partition coefficient (Wildman–Crippen LogP) is 3.30. The number of halogens is 1. The van der Waals surface area contributed by atoms with E-state index < -0.39 is 0 Å². The summed E-state index contributed by atoms with van der Waals surface area (Å²) in [5, 5.41) is 11.5. The van der Waals surface area contributed by atoms with Crippen molar-refractivity contribution in [2.24, 2.45) is 4.99 Å². The molecule has 0 saturated carbocycles. The summed E-state index contributed by atoms with van der Waals surface area (Å²) in [6.07, 6.45) is 0.437. The summed E-state index contributed by atoms with van der Waals surface area (Å²) in [6, 6.07) is 7.12. The molecule has 1 atom stereocenters. The van der Waals surface area contributed by atoms with Crippen molar-refractivity contribution in [1.29, 1.82) is 0 Å². The Kier molecular flexibility index (Phi) is 4.28. The maximum atomic E-state index is 10.8. The van der Waals surface area contributed by atoms with Crippen molar-refractivity contribution in [3.63, 3.8) is 0 Å². The molecule has 0 amide bonds. The number of benzene rings is 1. The maximum absolute atomic E-state index is 10.8. The monoisotopic (exact) mass is 296 g/mol. The minimum absolute atomic E-state index is 0.148. The molecule has 20 heavy (non-hydrogen) atoms. The molecule has 1 aliphatic rings. The van der Waals surface area contributed by atoms with Gasteiger partial charge in [0.15, 0.2) is 5.90 Å². The summed E-state index contributed by atoms with van der Waals surface area (Å²) in [4.78, 5) is 15.0. The van der Waals surface area contributed by atoms with E-state index >= 15 is 0 Å². The number of hydrogen-bond acceptors (Lipinski definition) is 4. The zero-order chi connectivity index (χ0) is 14.8. The molecule has 0 bridgehead atoms. The predicted molar refractivity (Wildman–Crippen MR) is 78.1 cm³/mol. The Hall–Kier alpha value is -1.62. The van der Waals surface area contributed by atoms with Crippen LogP contribution in [0.25, 0.3) is 0 Å². The van der Waals surface area contributed by atoms with Gasteiger partial charge in [-0.15, -0.1) is 0 Å². The van der Waals surface area contributed by atoms with Crippen molar-refractivity contribution in [3.8, 4) is 0 Å². The van der Waals surface area contributed by atoms with E-state index in [0.717, 1.165) is 5.56 Å². The fourth-order valence-electron chi connectivity index (χ4n) is 2.18. The number of nitro groups is 1. The molecule has 1 unspecified atom stereocenters. The number of aliphatic imine (C=N–C) groups is 1. The van der Waals surface area contributed by atoms with Crippen molar-refractivity contribution in [1.82, 2.24) is 0 Å². The second kappa shape index (κ2) is 5.79. The third-order valence-corrected chi connectivity index (χ3v) is 3.40. The minimum Gasteiger partial charge on any atom is -0.478 e. The highest BCUT2D eigenvalue weighted by atomic mass is 35.5. The van der Waals surface area contributed by atoms with Crippen LogP contribution in [0.1, 0.15) is 31.7 Å². The molecule has 0 aliphatic carbocycles. The van der Waals surface area contributed by atoms with Gasteiger partial charge in [-0.2, -0.15) is 0 Å². The first-order chi connectivity index (χ1) is 9.35. The van der Waals surface area contributed by atoms with E-state index in [1.54, 1.807) is 12.1 Å². The summed E-state index contributed by atoms with van der Waals surface area (Å²) in [5.41, 5.74) is 0.635. The van der Waals surface area contributed by atoms with Gasteiger partial charge < -0.3 is 4.74 Å². The van der Waals surface area contributed by atoms with Crippen LogP contribution in [0.5, 0.6) is 0 Å². The lowest BCUT2D eigenvalue weighted by Crippen LogP contribution is -2.17. The summed E-state index contributed by atoms with van der Waals surface area (Å²) in [7, 11) is 0. The molecule has 6 heteroatoms. The molecule has 0 radical (unpaired) electrons. The van der Waals surface area contributed by atoms with E-state index in [0.29, 0.717) is 23.9 Å². The van der Waals surface area contributed by atoms with E-state index in [2.05, 4.69) is 4.99 Å². The molecule has 1 aliphatic heterocycles. The normalized spacial score (nSPS) is 18.2. The van der Waals surface area contributed by atoms with Crippen molar-refractivity contribution in [2.75, 3.05) is 13.2 Å². The zero-order valence-electron chi connectivity index (χ0n) is 11.5. The van der Waals surface area contributed by atoms with Crippen LogP contribution in [0, 0.1) is 10.1 Å². The van der Waals surface area contributed by atoms with Crippen LogP contribution in [0.4, 0.5) is 0 Å². The second-order valence-electron chi connectivity index (χ2n) is 5.57. The first-order valence-corrected chi connectivity index (χ1v) is 6.82. The molecule has 1 aromatic rings. The third kappa shape index (κ3) is 3.93. The molecule has 1 aromatic carbocycles. The molecule has 2 rings (SSSR count). The second-order valence-corrected chi connectivity index (χ2v) is 6.01. The van der Waals surface area contributed by atoms with Crippen LogP contribution in [0.15, 0.2) is 29.3 Å². The zero-order valence-corrected chi connectivity index (χ0v) is 12.3. The fraction of sp³-hybridized carbons (Fsp3) is 0.500. The van der Waals surface area contributed by atoms with E-state index in [4.69, 9.17) is 16.3 Å². The van der Waals surface area contributed by atoms with E-state index in [-0.39, 0.29) is 22.9 Å². The van der Waals surface area contributed by atoms with Crippen LogP contribution in [-0.4, -0.2) is 29.5 Å². The van der Waals surface area contributed by atoms with E-state index in [9.17, 15) is 10.1 Å². The molecule has 0 N–H and O–H groups in total. The number of ether oxygens (including phenoxy) is 1. The molecule has 0 aromatic heterocycles. The molecular formula is C14H17ClN2O3. The lowest BCUT2D eigenvalue weighted by atomic mass is 9.95. The smallest absolute Gasteiger partial charge is 0.211 e. The van der Waals surface area contributed by atoms with Crippen molar-refractivity contribution in [2.45, 2.75) is 31.7 Å². The Morgan fingerprint density at radius 2 is 2.10 bits per heavy atom. The largest absolute Gasteiger partial charge is 0.478 e. The Morgan fingerprint density at radius 3 is 2.60 bits per heavy atom. The van der Waals surface area contributed by atoms with E-state index in [1.807, 2.05) is 26.0 Å². The molecule has 0 saturated heterocycles. The average Bonchev–Trinajstić information content (AvgIpc) is 2.68. The van der Waals surface area contributed by atoms with Gasteiger partial charge in [-0.25, -0.2) is 4.99 Å². The molecule has 1 heterocycles.